The number of hydrogen-bond acceptors (Lipinski definition) is 3. The summed E-state index contributed by atoms with van der Waals surface area (Å²) in [5.74, 6) is 0.214. The molecular formula is C12H16ClNO3. The van der Waals surface area contributed by atoms with Crippen LogP contribution in [0.25, 0.3) is 0 Å². The molecule has 2 N–H and O–H groups in total. The fourth-order valence-electron chi connectivity index (χ4n) is 1.49. The summed E-state index contributed by atoms with van der Waals surface area (Å²) in [6.45, 7) is 2.13. The molecule has 17 heavy (non-hydrogen) atoms. The van der Waals surface area contributed by atoms with E-state index in [-0.39, 0.29) is 23.6 Å². The van der Waals surface area contributed by atoms with Crippen LogP contribution >= 0.6 is 11.6 Å². The second-order valence-corrected chi connectivity index (χ2v) is 4.09. The van der Waals surface area contributed by atoms with Gasteiger partial charge in [0.1, 0.15) is 5.75 Å². The van der Waals surface area contributed by atoms with Crippen LogP contribution in [0.3, 0.4) is 0 Å². The Labute approximate surface area is 106 Å². The molecule has 0 heterocycles. The number of methoxy groups -OCH3 is 1. The van der Waals surface area contributed by atoms with Gasteiger partial charge >= 0.3 is 0 Å². The molecule has 4 nitrogen and oxygen atoms in total. The first-order valence-electron chi connectivity index (χ1n) is 5.24. The molecule has 0 bridgehead atoms. The van der Waals surface area contributed by atoms with Gasteiger partial charge in [-0.2, -0.15) is 0 Å². The summed E-state index contributed by atoms with van der Waals surface area (Å²) >= 11 is 5.71. The van der Waals surface area contributed by atoms with E-state index in [2.05, 4.69) is 5.32 Å². The number of carbonyl (C=O) groups is 1. The molecule has 0 saturated heterocycles. The van der Waals surface area contributed by atoms with Crippen molar-refractivity contribution in [1.82, 2.24) is 5.32 Å². The summed E-state index contributed by atoms with van der Waals surface area (Å²) in [4.78, 5) is 11.9. The number of alkyl halides is 1. The largest absolute Gasteiger partial charge is 0.508 e. The highest BCUT2D eigenvalue weighted by atomic mass is 35.5. The highest BCUT2D eigenvalue weighted by molar-refractivity contribution is 6.18. The zero-order valence-electron chi connectivity index (χ0n) is 9.87. The highest BCUT2D eigenvalue weighted by Crippen LogP contribution is 2.15. The van der Waals surface area contributed by atoms with Crippen LogP contribution in [-0.4, -0.2) is 36.7 Å². The lowest BCUT2D eigenvalue weighted by Crippen LogP contribution is -2.39. The summed E-state index contributed by atoms with van der Waals surface area (Å²) in [6, 6.07) is 4.38. The second kappa shape index (κ2) is 6.47. The molecule has 0 aliphatic rings. The Hall–Kier alpha value is -1.26. The van der Waals surface area contributed by atoms with E-state index in [9.17, 15) is 9.90 Å². The Morgan fingerprint density at radius 2 is 2.29 bits per heavy atom. The molecule has 0 saturated carbocycles. The summed E-state index contributed by atoms with van der Waals surface area (Å²) in [5.41, 5.74) is 1.24. The molecule has 1 amide bonds. The van der Waals surface area contributed by atoms with Crippen molar-refractivity contribution in [2.24, 2.45) is 0 Å². The fourth-order valence-corrected chi connectivity index (χ4v) is 1.66. The number of aromatic hydroxyl groups is 1. The first kappa shape index (κ1) is 13.8. The van der Waals surface area contributed by atoms with Gasteiger partial charge in [-0.1, -0.05) is 0 Å². The van der Waals surface area contributed by atoms with Gasteiger partial charge < -0.3 is 15.2 Å². The average molecular weight is 258 g/mol. The number of phenols is 1. The maximum atomic E-state index is 11.9. The van der Waals surface area contributed by atoms with Crippen molar-refractivity contribution in [2.75, 3.05) is 19.6 Å². The summed E-state index contributed by atoms with van der Waals surface area (Å²) < 4.78 is 4.94. The van der Waals surface area contributed by atoms with Crippen LogP contribution in [0.15, 0.2) is 18.2 Å². The van der Waals surface area contributed by atoms with Gasteiger partial charge in [-0.3, -0.25) is 4.79 Å². The summed E-state index contributed by atoms with van der Waals surface area (Å²) in [6.07, 6.45) is 0. The lowest BCUT2D eigenvalue weighted by molar-refractivity contribution is 0.0906. The zero-order valence-corrected chi connectivity index (χ0v) is 10.6. The van der Waals surface area contributed by atoms with Crippen LogP contribution < -0.4 is 5.32 Å². The fraction of sp³-hybridized carbons (Fsp3) is 0.417. The van der Waals surface area contributed by atoms with Gasteiger partial charge in [-0.15, -0.1) is 11.6 Å². The van der Waals surface area contributed by atoms with Gasteiger partial charge in [0.05, 0.1) is 12.6 Å². The van der Waals surface area contributed by atoms with Crippen LogP contribution in [0, 0.1) is 6.92 Å². The molecule has 1 unspecified atom stereocenters. The van der Waals surface area contributed by atoms with E-state index in [1.54, 1.807) is 26.2 Å². The Bertz CT molecular complexity index is 395. The lowest BCUT2D eigenvalue weighted by atomic mass is 10.1. The van der Waals surface area contributed by atoms with E-state index in [0.29, 0.717) is 17.7 Å². The van der Waals surface area contributed by atoms with E-state index in [4.69, 9.17) is 16.3 Å². The summed E-state index contributed by atoms with van der Waals surface area (Å²) in [5, 5.41) is 12.0. The van der Waals surface area contributed by atoms with E-state index < -0.39 is 0 Å². The quantitative estimate of drug-likeness (QED) is 0.789. The maximum Gasteiger partial charge on any atom is 0.251 e. The Morgan fingerprint density at radius 3 is 2.82 bits per heavy atom. The topological polar surface area (TPSA) is 58.6 Å². The maximum absolute atomic E-state index is 11.9. The Balaban J connectivity index is 2.75. The standard InChI is InChI=1S/C12H16ClNO3/c1-8-5-10(15)3-4-11(8)12(16)14-9(6-13)7-17-2/h3-5,9,15H,6-7H2,1-2H3,(H,14,16). The number of carbonyl (C=O) groups excluding carboxylic acids is 1. The third-order valence-electron chi connectivity index (χ3n) is 2.34. The van der Waals surface area contributed by atoms with Gasteiger partial charge in [0, 0.05) is 18.6 Å². The molecular weight excluding hydrogens is 242 g/mol. The number of rotatable bonds is 5. The van der Waals surface area contributed by atoms with E-state index >= 15 is 0 Å². The molecule has 0 radical (unpaired) electrons. The number of benzene rings is 1. The predicted octanol–water partition coefficient (Wildman–Crippen LogP) is 1.68. The average Bonchev–Trinajstić information content (AvgIpc) is 2.28. The highest BCUT2D eigenvalue weighted by Gasteiger charge is 2.14. The lowest BCUT2D eigenvalue weighted by Gasteiger charge is -2.15. The number of hydrogen-bond donors (Lipinski definition) is 2. The van der Waals surface area contributed by atoms with Crippen molar-refractivity contribution in [3.63, 3.8) is 0 Å². The second-order valence-electron chi connectivity index (χ2n) is 3.78. The van der Waals surface area contributed by atoms with Crippen molar-refractivity contribution in [3.05, 3.63) is 29.3 Å². The van der Waals surface area contributed by atoms with Crippen LogP contribution in [0.1, 0.15) is 15.9 Å². The minimum atomic E-state index is -0.220. The van der Waals surface area contributed by atoms with Crippen molar-refractivity contribution in [2.45, 2.75) is 13.0 Å². The minimum absolute atomic E-state index is 0.143. The van der Waals surface area contributed by atoms with Crippen LogP contribution in [0.4, 0.5) is 0 Å². The molecule has 1 rings (SSSR count). The van der Waals surface area contributed by atoms with Gasteiger partial charge in [0.15, 0.2) is 0 Å². The van der Waals surface area contributed by atoms with E-state index in [0.717, 1.165) is 0 Å². The predicted molar refractivity (Wildman–Crippen MR) is 66.7 cm³/mol. The molecule has 94 valence electrons. The van der Waals surface area contributed by atoms with Crippen molar-refractivity contribution in [3.8, 4) is 5.75 Å². The number of nitrogens with one attached hydrogen (secondary N) is 1. The number of phenolic OH excluding ortho intramolecular Hbond substituents is 1. The Kier molecular flexibility index (Phi) is 5.25. The number of amides is 1. The minimum Gasteiger partial charge on any atom is -0.508 e. The molecule has 5 heteroatoms. The van der Waals surface area contributed by atoms with Gasteiger partial charge in [0.25, 0.3) is 5.91 Å². The molecule has 0 spiro atoms. The van der Waals surface area contributed by atoms with E-state index in [1.165, 1.54) is 6.07 Å². The van der Waals surface area contributed by atoms with Crippen molar-refractivity contribution < 1.29 is 14.6 Å². The third-order valence-corrected chi connectivity index (χ3v) is 2.72. The zero-order chi connectivity index (χ0) is 12.8. The smallest absolute Gasteiger partial charge is 0.251 e. The van der Waals surface area contributed by atoms with Crippen molar-refractivity contribution in [1.29, 1.82) is 0 Å². The number of aryl methyl sites for hydroxylation is 1. The Morgan fingerprint density at radius 1 is 1.59 bits per heavy atom. The molecule has 0 aliphatic carbocycles. The summed E-state index contributed by atoms with van der Waals surface area (Å²) in [7, 11) is 1.55. The molecule has 1 aromatic rings. The molecule has 1 atom stereocenters. The SMILES string of the molecule is COCC(CCl)NC(=O)c1ccc(O)cc1C. The molecule has 0 fully saturated rings. The first-order valence-corrected chi connectivity index (χ1v) is 5.77. The monoisotopic (exact) mass is 257 g/mol. The normalized spacial score (nSPS) is 12.2. The molecule has 1 aromatic carbocycles. The number of halogens is 1. The van der Waals surface area contributed by atoms with Crippen molar-refractivity contribution >= 4 is 17.5 Å². The van der Waals surface area contributed by atoms with Gasteiger partial charge in [-0.25, -0.2) is 0 Å². The van der Waals surface area contributed by atoms with Gasteiger partial charge in [-0.05, 0) is 30.7 Å². The van der Waals surface area contributed by atoms with Crippen LogP contribution in [-0.2, 0) is 4.74 Å². The van der Waals surface area contributed by atoms with Gasteiger partial charge in [0.2, 0.25) is 0 Å². The molecule has 0 aromatic heterocycles. The van der Waals surface area contributed by atoms with Crippen LogP contribution in [0.2, 0.25) is 0 Å². The molecule has 0 aliphatic heterocycles. The van der Waals surface area contributed by atoms with E-state index in [1.807, 2.05) is 0 Å². The number of ether oxygens (including phenoxy) is 1. The third kappa shape index (κ3) is 3.91. The van der Waals surface area contributed by atoms with Crippen LogP contribution in [0.5, 0.6) is 5.75 Å². The first-order chi connectivity index (χ1) is 8.08.